The molecule has 4 nitrogen and oxygen atoms in total. The van der Waals surface area contributed by atoms with Gasteiger partial charge < -0.3 is 15.3 Å². The molecule has 1 aliphatic heterocycles. The topological polar surface area (TPSA) is 52.6 Å². The maximum atomic E-state index is 11.9. The number of carboxylic acids is 1. The van der Waals surface area contributed by atoms with Gasteiger partial charge in [-0.05, 0) is 54.3 Å². The van der Waals surface area contributed by atoms with E-state index in [2.05, 4.69) is 72.6 Å². The van der Waals surface area contributed by atoms with Crippen molar-refractivity contribution in [2.24, 2.45) is 0 Å². The van der Waals surface area contributed by atoms with E-state index in [0.717, 1.165) is 18.5 Å². The quantitative estimate of drug-likeness (QED) is 0.414. The number of carbonyl (C=O) groups is 1. The van der Waals surface area contributed by atoms with Crippen molar-refractivity contribution in [3.05, 3.63) is 83.9 Å². The van der Waals surface area contributed by atoms with E-state index in [1.807, 2.05) is 24.3 Å². The lowest BCUT2D eigenvalue weighted by atomic mass is 9.99. The number of aliphatic carboxylic acids is 1. The molecule has 1 aliphatic rings. The Hall–Kier alpha value is -2.76. The average molecular weight is 433 g/mol. The Morgan fingerprint density at radius 2 is 1.45 bits per heavy atom. The molecule has 0 radical (unpaired) electrons. The fraction of sp³-hybridized carbons (Fsp3) is 0.269. The molecule has 31 heavy (non-hydrogen) atoms. The molecule has 0 fully saturated rings. The van der Waals surface area contributed by atoms with Gasteiger partial charge in [-0.25, -0.2) is 0 Å². The molecule has 0 aliphatic carbocycles. The molecule has 3 aromatic rings. The third kappa shape index (κ3) is 4.78. The summed E-state index contributed by atoms with van der Waals surface area (Å²) >= 11 is 1.80. The summed E-state index contributed by atoms with van der Waals surface area (Å²) < 4.78 is 0. The van der Waals surface area contributed by atoms with Crippen LogP contribution in [-0.2, 0) is 4.79 Å². The summed E-state index contributed by atoms with van der Waals surface area (Å²) in [5, 5.41) is 13.0. The van der Waals surface area contributed by atoms with Gasteiger partial charge in [0.1, 0.15) is 6.04 Å². The molecular weight excluding hydrogens is 404 g/mol. The molecule has 0 bridgehead atoms. The van der Waals surface area contributed by atoms with Crippen molar-refractivity contribution in [2.75, 3.05) is 18.0 Å². The number of fused-ring (bicyclic) bond motifs is 2. The molecule has 0 saturated heterocycles. The Bertz CT molecular complexity index is 1000. The zero-order valence-corrected chi connectivity index (χ0v) is 18.7. The molecule has 0 spiro atoms. The van der Waals surface area contributed by atoms with Crippen LogP contribution < -0.4 is 10.2 Å². The maximum absolute atomic E-state index is 11.9. The number of carboxylic acid groups (broad SMARTS) is 1. The first kappa shape index (κ1) is 21.5. The van der Waals surface area contributed by atoms with E-state index in [1.165, 1.54) is 26.7 Å². The summed E-state index contributed by atoms with van der Waals surface area (Å²) in [6, 6.07) is 24.1. The van der Waals surface area contributed by atoms with Gasteiger partial charge in [0.15, 0.2) is 0 Å². The standard InChI is InChI=1S/C26H28N2O2S/c1-18(2)19-12-14-20(15-13-19)25(26(29)30)27-16-7-17-28-21-8-3-5-10-23(21)31-24-11-6-4-9-22(24)28/h3-6,8-15,18,25,27H,7,16-17H2,1-2H3,(H,29,30). The average Bonchev–Trinajstić information content (AvgIpc) is 2.78. The Labute approximate surface area is 188 Å². The number of nitrogens with one attached hydrogen (secondary N) is 1. The van der Waals surface area contributed by atoms with Gasteiger partial charge in [-0.2, -0.15) is 0 Å². The van der Waals surface area contributed by atoms with Crippen LogP contribution in [0, 0.1) is 0 Å². The molecule has 3 aromatic carbocycles. The third-order valence-corrected chi connectivity index (χ3v) is 6.75. The van der Waals surface area contributed by atoms with Crippen LogP contribution in [-0.4, -0.2) is 24.2 Å². The van der Waals surface area contributed by atoms with Crippen molar-refractivity contribution in [1.29, 1.82) is 0 Å². The van der Waals surface area contributed by atoms with E-state index in [9.17, 15) is 9.90 Å². The van der Waals surface area contributed by atoms with Crippen LogP contribution in [0.15, 0.2) is 82.6 Å². The highest BCUT2D eigenvalue weighted by Crippen LogP contribution is 2.47. The highest BCUT2D eigenvalue weighted by atomic mass is 32.2. The molecule has 0 saturated carbocycles. The number of para-hydroxylation sites is 2. The SMILES string of the molecule is CC(C)c1ccc(C(NCCCN2c3ccccc3Sc3ccccc32)C(=O)O)cc1. The summed E-state index contributed by atoms with van der Waals surface area (Å²) in [4.78, 5) is 16.7. The van der Waals surface area contributed by atoms with Crippen LogP contribution >= 0.6 is 11.8 Å². The Kier molecular flexibility index (Phi) is 6.64. The minimum Gasteiger partial charge on any atom is -0.480 e. The van der Waals surface area contributed by atoms with Crippen molar-refractivity contribution >= 4 is 29.1 Å². The van der Waals surface area contributed by atoms with Gasteiger partial charge in [-0.15, -0.1) is 0 Å². The molecule has 4 rings (SSSR count). The minimum atomic E-state index is -0.845. The van der Waals surface area contributed by atoms with Crippen molar-refractivity contribution in [3.63, 3.8) is 0 Å². The van der Waals surface area contributed by atoms with Crippen molar-refractivity contribution in [2.45, 2.75) is 42.0 Å². The molecule has 1 atom stereocenters. The second kappa shape index (κ2) is 9.58. The van der Waals surface area contributed by atoms with Crippen molar-refractivity contribution in [3.8, 4) is 0 Å². The summed E-state index contributed by atoms with van der Waals surface area (Å²) in [5.74, 6) is -0.416. The van der Waals surface area contributed by atoms with E-state index < -0.39 is 12.0 Å². The van der Waals surface area contributed by atoms with Gasteiger partial charge >= 0.3 is 5.97 Å². The van der Waals surface area contributed by atoms with E-state index in [-0.39, 0.29) is 0 Å². The van der Waals surface area contributed by atoms with Crippen LogP contribution in [0.3, 0.4) is 0 Å². The van der Waals surface area contributed by atoms with Crippen LogP contribution in [0.2, 0.25) is 0 Å². The number of hydrogen-bond acceptors (Lipinski definition) is 4. The molecular formula is C26H28N2O2S. The van der Waals surface area contributed by atoms with Crippen LogP contribution in [0.1, 0.15) is 43.4 Å². The number of nitrogens with zero attached hydrogens (tertiary/aromatic N) is 1. The monoisotopic (exact) mass is 432 g/mol. The first-order valence-electron chi connectivity index (χ1n) is 10.7. The number of hydrogen-bond donors (Lipinski definition) is 2. The number of anilines is 2. The summed E-state index contributed by atoms with van der Waals surface area (Å²) in [6.45, 7) is 5.71. The van der Waals surface area contributed by atoms with Gasteiger partial charge in [0.2, 0.25) is 0 Å². The van der Waals surface area contributed by atoms with Crippen LogP contribution in [0.5, 0.6) is 0 Å². The lowest BCUT2D eigenvalue weighted by molar-refractivity contribution is -0.139. The van der Waals surface area contributed by atoms with Gasteiger partial charge in [0, 0.05) is 16.3 Å². The lowest BCUT2D eigenvalue weighted by Gasteiger charge is -2.33. The van der Waals surface area contributed by atoms with E-state index in [0.29, 0.717) is 12.5 Å². The second-order valence-corrected chi connectivity index (χ2v) is 9.17. The van der Waals surface area contributed by atoms with Gasteiger partial charge in [-0.3, -0.25) is 4.79 Å². The van der Waals surface area contributed by atoms with Crippen molar-refractivity contribution in [1.82, 2.24) is 5.32 Å². The van der Waals surface area contributed by atoms with Gasteiger partial charge in [0.25, 0.3) is 0 Å². The zero-order valence-electron chi connectivity index (χ0n) is 17.9. The van der Waals surface area contributed by atoms with Crippen molar-refractivity contribution < 1.29 is 9.90 Å². The highest BCUT2D eigenvalue weighted by molar-refractivity contribution is 7.99. The molecule has 1 unspecified atom stereocenters. The normalized spacial score (nSPS) is 13.6. The molecule has 0 amide bonds. The second-order valence-electron chi connectivity index (χ2n) is 8.09. The fourth-order valence-electron chi connectivity index (χ4n) is 3.93. The van der Waals surface area contributed by atoms with Gasteiger partial charge in [0.05, 0.1) is 11.4 Å². The molecule has 1 heterocycles. The largest absolute Gasteiger partial charge is 0.480 e. The van der Waals surface area contributed by atoms with Crippen LogP contribution in [0.4, 0.5) is 11.4 Å². The highest BCUT2D eigenvalue weighted by Gasteiger charge is 2.23. The van der Waals surface area contributed by atoms with E-state index in [1.54, 1.807) is 11.8 Å². The van der Waals surface area contributed by atoms with E-state index in [4.69, 9.17) is 0 Å². The first-order chi connectivity index (χ1) is 15.0. The maximum Gasteiger partial charge on any atom is 0.325 e. The van der Waals surface area contributed by atoms with Gasteiger partial charge in [-0.1, -0.05) is 74.1 Å². The third-order valence-electron chi connectivity index (χ3n) is 5.62. The van der Waals surface area contributed by atoms with E-state index >= 15 is 0 Å². The predicted molar refractivity (Wildman–Crippen MR) is 128 cm³/mol. The molecule has 2 N–H and O–H groups in total. The summed E-state index contributed by atoms with van der Waals surface area (Å²) in [5.41, 5.74) is 4.44. The summed E-state index contributed by atoms with van der Waals surface area (Å²) in [6.07, 6.45) is 0.835. The number of rotatable bonds is 8. The Morgan fingerprint density at radius 1 is 0.903 bits per heavy atom. The van der Waals surface area contributed by atoms with Crippen LogP contribution in [0.25, 0.3) is 0 Å². The molecule has 0 aromatic heterocycles. The Morgan fingerprint density at radius 3 is 2.00 bits per heavy atom. The molecule has 5 heteroatoms. The Balaban J connectivity index is 1.42. The zero-order chi connectivity index (χ0) is 21.8. The lowest BCUT2D eigenvalue weighted by Crippen LogP contribution is -2.31. The predicted octanol–water partition coefficient (Wildman–Crippen LogP) is 6.22. The first-order valence-corrected chi connectivity index (χ1v) is 11.6. The fourth-order valence-corrected chi connectivity index (χ4v) is 5.02. The smallest absolute Gasteiger partial charge is 0.325 e. The minimum absolute atomic E-state index is 0.429. The molecule has 160 valence electrons. The summed E-state index contributed by atoms with van der Waals surface area (Å²) in [7, 11) is 0. The number of benzene rings is 3.